The predicted octanol–water partition coefficient (Wildman–Crippen LogP) is 5.64. The molecule has 2 aromatic heterocycles. The zero-order valence-corrected chi connectivity index (χ0v) is 19.7. The van der Waals surface area contributed by atoms with Crippen molar-refractivity contribution in [2.75, 3.05) is 17.2 Å². The molecular weight excluding hydrogens is 523 g/mol. The topological polar surface area (TPSA) is 120 Å². The van der Waals surface area contributed by atoms with E-state index in [9.17, 15) is 23.2 Å². The van der Waals surface area contributed by atoms with E-state index < -0.39 is 24.4 Å². The quantitative estimate of drug-likeness (QED) is 0.241. The Kier molecular flexibility index (Phi) is 7.22. The number of nitrogens with zero attached hydrogens (tertiary/aromatic N) is 1. The minimum Gasteiger partial charge on any atom is -0.459 e. The largest absolute Gasteiger partial charge is 0.459 e. The van der Waals surface area contributed by atoms with Crippen molar-refractivity contribution in [2.45, 2.75) is 13.5 Å². The summed E-state index contributed by atoms with van der Waals surface area (Å²) in [5.74, 6) is -3.12. The number of carbonyl (C=O) groups excluding carboxylic acids is 3. The normalized spacial score (nSPS) is 11.1. The van der Waals surface area contributed by atoms with Gasteiger partial charge in [-0.1, -0.05) is 23.2 Å². The summed E-state index contributed by atoms with van der Waals surface area (Å²) in [6.07, 6.45) is 2.56. The molecule has 2 aromatic carbocycles. The number of benzene rings is 2. The van der Waals surface area contributed by atoms with Crippen molar-refractivity contribution < 1.29 is 37.1 Å². The van der Waals surface area contributed by atoms with Gasteiger partial charge in [-0.2, -0.15) is 8.78 Å². The van der Waals surface area contributed by atoms with Crippen LogP contribution in [-0.4, -0.2) is 36.0 Å². The molecule has 0 fully saturated rings. The molecule has 36 heavy (non-hydrogen) atoms. The van der Waals surface area contributed by atoms with Gasteiger partial charge >= 0.3 is 18.5 Å². The number of fused-ring (bicyclic) bond motifs is 3. The van der Waals surface area contributed by atoms with Gasteiger partial charge in [0.15, 0.2) is 11.3 Å². The Morgan fingerprint density at radius 2 is 1.81 bits per heavy atom. The third kappa shape index (κ3) is 5.02. The summed E-state index contributed by atoms with van der Waals surface area (Å²) in [4.78, 5) is 40.8. The number of ether oxygens (including phenoxy) is 2. The van der Waals surface area contributed by atoms with Crippen molar-refractivity contribution in [3.8, 4) is 5.75 Å². The first kappa shape index (κ1) is 25.1. The lowest BCUT2D eigenvalue weighted by Crippen LogP contribution is -2.24. The average Bonchev–Trinajstić information content (AvgIpc) is 3.21. The van der Waals surface area contributed by atoms with Crippen LogP contribution < -0.4 is 15.4 Å². The van der Waals surface area contributed by atoms with Crippen LogP contribution in [0.25, 0.3) is 21.9 Å². The summed E-state index contributed by atoms with van der Waals surface area (Å²) in [5.41, 5.74) is 0.310. The number of hydrogen-bond donors (Lipinski definition) is 2. The zero-order valence-electron chi connectivity index (χ0n) is 18.2. The molecule has 9 nitrogen and oxygen atoms in total. The third-order valence-electron chi connectivity index (χ3n) is 4.85. The summed E-state index contributed by atoms with van der Waals surface area (Å²) in [6, 6.07) is 6.68. The van der Waals surface area contributed by atoms with E-state index in [1.807, 2.05) is 0 Å². The van der Waals surface area contributed by atoms with E-state index in [0.717, 1.165) is 6.07 Å². The molecule has 0 aliphatic heterocycles. The average molecular weight is 538 g/mol. The Labute approximate surface area is 211 Å². The first-order valence-corrected chi connectivity index (χ1v) is 11.0. The number of aromatic nitrogens is 1. The summed E-state index contributed by atoms with van der Waals surface area (Å²) < 4.78 is 41.0. The van der Waals surface area contributed by atoms with Gasteiger partial charge in [0.05, 0.1) is 27.9 Å². The number of halogens is 4. The molecule has 0 saturated heterocycles. The van der Waals surface area contributed by atoms with Crippen molar-refractivity contribution >= 4 is 74.3 Å². The molecule has 0 bridgehead atoms. The highest BCUT2D eigenvalue weighted by molar-refractivity contribution is 6.40. The van der Waals surface area contributed by atoms with Gasteiger partial charge in [-0.15, -0.1) is 0 Å². The van der Waals surface area contributed by atoms with Crippen LogP contribution >= 0.6 is 23.2 Å². The van der Waals surface area contributed by atoms with Gasteiger partial charge in [0.25, 0.3) is 5.91 Å². The maximum atomic E-state index is 13.2. The molecular formula is C23H15Cl2F2N3O6. The van der Waals surface area contributed by atoms with E-state index in [-0.39, 0.29) is 61.3 Å². The molecule has 2 amide bonds. The molecule has 13 heteroatoms. The highest BCUT2D eigenvalue weighted by atomic mass is 35.5. The molecule has 0 aliphatic rings. The van der Waals surface area contributed by atoms with Crippen molar-refractivity contribution in [1.82, 2.24) is 4.98 Å². The van der Waals surface area contributed by atoms with Gasteiger partial charge in [0.1, 0.15) is 5.58 Å². The highest BCUT2D eigenvalue weighted by Crippen LogP contribution is 2.39. The third-order valence-corrected chi connectivity index (χ3v) is 5.43. The lowest BCUT2D eigenvalue weighted by Gasteiger charge is -2.11. The Hall–Kier alpha value is -3.96. The molecule has 2 N–H and O–H groups in total. The van der Waals surface area contributed by atoms with Crippen LogP contribution in [0.1, 0.15) is 17.3 Å². The van der Waals surface area contributed by atoms with Crippen molar-refractivity contribution in [1.29, 1.82) is 0 Å². The van der Waals surface area contributed by atoms with Gasteiger partial charge < -0.3 is 24.5 Å². The molecule has 186 valence electrons. The van der Waals surface area contributed by atoms with Crippen molar-refractivity contribution in [3.05, 3.63) is 58.3 Å². The molecule has 0 unspecified atom stereocenters. The van der Waals surface area contributed by atoms with E-state index in [0.29, 0.717) is 0 Å². The van der Waals surface area contributed by atoms with Crippen LogP contribution in [0.5, 0.6) is 5.75 Å². The Balaban J connectivity index is 1.84. The first-order valence-electron chi connectivity index (χ1n) is 10.2. The fraction of sp³-hybridized carbons (Fsp3) is 0.130. The monoisotopic (exact) mass is 537 g/mol. The molecule has 0 radical (unpaired) electrons. The second-order valence-electron chi connectivity index (χ2n) is 7.11. The second kappa shape index (κ2) is 10.3. The summed E-state index contributed by atoms with van der Waals surface area (Å²) in [7, 11) is 0. The second-order valence-corrected chi connectivity index (χ2v) is 7.93. The van der Waals surface area contributed by atoms with Crippen molar-refractivity contribution in [3.63, 3.8) is 0 Å². The lowest BCUT2D eigenvalue weighted by molar-refractivity contribution is -0.152. The van der Waals surface area contributed by atoms with Crippen molar-refractivity contribution in [2.24, 2.45) is 0 Å². The smallest absolute Gasteiger partial charge is 0.397 e. The van der Waals surface area contributed by atoms with Gasteiger partial charge in [-0.3, -0.25) is 14.6 Å². The molecule has 4 rings (SSSR count). The van der Waals surface area contributed by atoms with Crippen LogP contribution in [0.15, 0.2) is 47.1 Å². The zero-order chi connectivity index (χ0) is 26.0. The summed E-state index contributed by atoms with van der Waals surface area (Å²) in [5, 5.41) is 5.47. The van der Waals surface area contributed by atoms with Crippen LogP contribution in [0.4, 0.5) is 20.2 Å². The predicted molar refractivity (Wildman–Crippen MR) is 128 cm³/mol. The van der Waals surface area contributed by atoms with E-state index in [2.05, 4.69) is 25.1 Å². The standard InChI is InChI=1S/C23H15Cl2F2N3O6/c1-2-34-22(33)21(32)29-10-3-5-15-12(7-10)17-11(4-6-16(19(17)35-15)36-23(26)27)20(31)30-18-13(24)8-28-9-14(18)25/h3-9,23H,2H2,1H3,(H,29,32)(H,28,30,31). The lowest BCUT2D eigenvalue weighted by atomic mass is 10.0. The Morgan fingerprint density at radius 1 is 1.08 bits per heavy atom. The minimum atomic E-state index is -3.16. The number of nitrogens with one attached hydrogen (secondary N) is 2. The van der Waals surface area contributed by atoms with E-state index in [4.69, 9.17) is 27.6 Å². The summed E-state index contributed by atoms with van der Waals surface area (Å²) in [6.45, 7) is -1.60. The number of furan rings is 1. The number of anilines is 2. The maximum Gasteiger partial charge on any atom is 0.397 e. The van der Waals surface area contributed by atoms with Crippen LogP contribution in [0, 0.1) is 0 Å². The first-order chi connectivity index (χ1) is 17.2. The minimum absolute atomic E-state index is 0.00295. The van der Waals surface area contributed by atoms with Gasteiger partial charge in [0, 0.05) is 28.9 Å². The van der Waals surface area contributed by atoms with Crippen LogP contribution in [0.3, 0.4) is 0 Å². The molecule has 2 heterocycles. The summed E-state index contributed by atoms with van der Waals surface area (Å²) >= 11 is 12.2. The van der Waals surface area contributed by atoms with E-state index in [1.165, 1.54) is 36.7 Å². The van der Waals surface area contributed by atoms with Crippen LogP contribution in [-0.2, 0) is 14.3 Å². The number of hydrogen-bond acceptors (Lipinski definition) is 7. The number of pyridine rings is 1. The highest BCUT2D eigenvalue weighted by Gasteiger charge is 2.23. The number of amides is 2. The van der Waals surface area contributed by atoms with Gasteiger partial charge in [-0.25, -0.2) is 4.79 Å². The Bertz CT molecular complexity index is 1490. The fourth-order valence-electron chi connectivity index (χ4n) is 3.40. The van der Waals surface area contributed by atoms with E-state index >= 15 is 0 Å². The van der Waals surface area contributed by atoms with Gasteiger partial charge in [-0.05, 0) is 37.3 Å². The molecule has 0 saturated carbocycles. The molecule has 0 aliphatic carbocycles. The molecule has 4 aromatic rings. The van der Waals surface area contributed by atoms with E-state index in [1.54, 1.807) is 6.92 Å². The molecule has 0 spiro atoms. The number of carbonyl (C=O) groups is 3. The van der Waals surface area contributed by atoms with Gasteiger partial charge in [0.2, 0.25) is 0 Å². The Morgan fingerprint density at radius 3 is 2.47 bits per heavy atom. The molecule has 0 atom stereocenters. The number of rotatable bonds is 6. The number of esters is 1. The maximum absolute atomic E-state index is 13.2. The van der Waals surface area contributed by atoms with Crippen LogP contribution in [0.2, 0.25) is 10.0 Å². The number of alkyl halides is 2. The SMILES string of the molecule is CCOC(=O)C(=O)Nc1ccc2oc3c(OC(F)F)ccc(C(=O)Nc4c(Cl)cncc4Cl)c3c2c1. The fourth-order valence-corrected chi connectivity index (χ4v) is 3.86.